The minimum atomic E-state index is -0.518. The van der Waals surface area contributed by atoms with Gasteiger partial charge in [0.1, 0.15) is 5.82 Å². The van der Waals surface area contributed by atoms with Crippen LogP contribution in [0.3, 0.4) is 0 Å². The summed E-state index contributed by atoms with van der Waals surface area (Å²) >= 11 is 0. The van der Waals surface area contributed by atoms with E-state index >= 15 is 0 Å². The Morgan fingerprint density at radius 1 is 1.10 bits per heavy atom. The van der Waals surface area contributed by atoms with Crippen molar-refractivity contribution in [1.82, 2.24) is 4.98 Å². The molecule has 0 amide bonds. The minimum Gasteiger partial charge on any atom is -0.465 e. The van der Waals surface area contributed by atoms with E-state index in [0.717, 1.165) is 12.0 Å². The van der Waals surface area contributed by atoms with Gasteiger partial charge >= 0.3 is 5.97 Å². The molecule has 0 aliphatic heterocycles. The lowest BCUT2D eigenvalue weighted by Crippen LogP contribution is -2.24. The summed E-state index contributed by atoms with van der Waals surface area (Å²) in [6.07, 6.45) is 0.852. The second-order valence-electron chi connectivity index (χ2n) is 6.77. The number of nitro groups is 1. The average Bonchev–Trinajstić information content (AvgIpc) is 2.78. The van der Waals surface area contributed by atoms with Crippen molar-refractivity contribution >= 4 is 17.5 Å². The first-order chi connectivity index (χ1) is 14.5. The fourth-order valence-electron chi connectivity index (χ4n) is 3.25. The number of pyridine rings is 1. The van der Waals surface area contributed by atoms with E-state index in [2.05, 4.69) is 0 Å². The van der Waals surface area contributed by atoms with Crippen LogP contribution in [0.4, 0.5) is 11.5 Å². The van der Waals surface area contributed by atoms with Crippen LogP contribution in [0.1, 0.15) is 29.3 Å². The molecule has 7 heteroatoms. The zero-order chi connectivity index (χ0) is 21.5. The summed E-state index contributed by atoms with van der Waals surface area (Å²) < 4.78 is 4.86. The molecule has 0 N–H and O–H groups in total. The zero-order valence-electron chi connectivity index (χ0n) is 16.9. The lowest BCUT2D eigenvalue weighted by molar-refractivity contribution is -0.384. The van der Waals surface area contributed by atoms with E-state index in [4.69, 9.17) is 9.72 Å². The number of anilines is 1. The highest BCUT2D eigenvalue weighted by molar-refractivity contribution is 5.97. The van der Waals surface area contributed by atoms with E-state index in [1.54, 1.807) is 24.3 Å². The number of nitrogens with zero attached hydrogens (tertiary/aromatic N) is 3. The van der Waals surface area contributed by atoms with E-state index in [1.165, 1.54) is 19.2 Å². The summed E-state index contributed by atoms with van der Waals surface area (Å²) in [6, 6.07) is 19.5. The fourth-order valence-corrected chi connectivity index (χ4v) is 3.25. The number of ether oxygens (including phenoxy) is 1. The van der Waals surface area contributed by atoms with Crippen molar-refractivity contribution in [2.45, 2.75) is 19.9 Å². The molecular formula is C23H23N3O4. The first kappa shape index (κ1) is 21.0. The molecule has 0 saturated heterocycles. The van der Waals surface area contributed by atoms with Crippen molar-refractivity contribution in [2.24, 2.45) is 0 Å². The van der Waals surface area contributed by atoms with E-state index < -0.39 is 10.9 Å². The average molecular weight is 405 g/mol. The van der Waals surface area contributed by atoms with Gasteiger partial charge in [0, 0.05) is 24.7 Å². The maximum atomic E-state index is 12.2. The highest BCUT2D eigenvalue weighted by atomic mass is 16.6. The van der Waals surface area contributed by atoms with Gasteiger partial charge in [0.2, 0.25) is 0 Å². The first-order valence-electron chi connectivity index (χ1n) is 9.66. The molecule has 0 atom stereocenters. The van der Waals surface area contributed by atoms with E-state index in [0.29, 0.717) is 35.7 Å². The molecule has 0 radical (unpaired) electrons. The predicted octanol–water partition coefficient (Wildman–Crippen LogP) is 4.86. The molecule has 1 heterocycles. The highest BCUT2D eigenvalue weighted by Gasteiger charge is 2.20. The Morgan fingerprint density at radius 3 is 2.47 bits per heavy atom. The fraction of sp³-hybridized carbons (Fsp3) is 0.217. The third-order valence-corrected chi connectivity index (χ3v) is 4.65. The van der Waals surface area contributed by atoms with E-state index in [1.807, 2.05) is 42.2 Å². The van der Waals surface area contributed by atoms with Gasteiger partial charge in [-0.25, -0.2) is 9.78 Å². The molecule has 0 aliphatic carbocycles. The Morgan fingerprint density at radius 2 is 1.80 bits per heavy atom. The standard InChI is InChI=1S/C23H23N3O4/c1-3-13-25(16-17-9-5-4-6-10-17)22-15-18(26(28)29)14-21(24-22)19-11-7-8-12-20(19)23(27)30-2/h4-12,14-15H,3,13,16H2,1-2H3. The van der Waals surface area contributed by atoms with E-state index in [-0.39, 0.29) is 5.69 Å². The van der Waals surface area contributed by atoms with Crippen LogP contribution in [0, 0.1) is 10.1 Å². The summed E-state index contributed by atoms with van der Waals surface area (Å²) in [4.78, 5) is 30.1. The van der Waals surface area contributed by atoms with Crippen LogP contribution in [0.5, 0.6) is 0 Å². The van der Waals surface area contributed by atoms with Crippen molar-refractivity contribution in [3.8, 4) is 11.3 Å². The third-order valence-electron chi connectivity index (χ3n) is 4.65. The third kappa shape index (κ3) is 4.81. The number of esters is 1. The van der Waals surface area contributed by atoms with Crippen LogP contribution in [0.2, 0.25) is 0 Å². The number of hydrogen-bond acceptors (Lipinski definition) is 6. The van der Waals surface area contributed by atoms with Crippen LogP contribution < -0.4 is 4.90 Å². The van der Waals surface area contributed by atoms with Crippen LogP contribution in [0.25, 0.3) is 11.3 Å². The minimum absolute atomic E-state index is 0.0798. The zero-order valence-corrected chi connectivity index (χ0v) is 16.9. The number of aromatic nitrogens is 1. The molecule has 7 nitrogen and oxygen atoms in total. The summed E-state index contributed by atoms with van der Waals surface area (Å²) in [5.74, 6) is -0.0280. The summed E-state index contributed by atoms with van der Waals surface area (Å²) in [7, 11) is 1.30. The van der Waals surface area contributed by atoms with Crippen molar-refractivity contribution in [3.63, 3.8) is 0 Å². The van der Waals surface area contributed by atoms with Gasteiger partial charge in [0.25, 0.3) is 5.69 Å². The number of carbonyl (C=O) groups is 1. The van der Waals surface area contributed by atoms with Crippen molar-refractivity contribution in [2.75, 3.05) is 18.6 Å². The van der Waals surface area contributed by atoms with Gasteiger partial charge in [-0.15, -0.1) is 0 Å². The first-order valence-corrected chi connectivity index (χ1v) is 9.66. The lowest BCUT2D eigenvalue weighted by Gasteiger charge is -2.24. The maximum absolute atomic E-state index is 12.2. The van der Waals surface area contributed by atoms with Gasteiger partial charge in [-0.2, -0.15) is 0 Å². The Hall–Kier alpha value is -3.74. The molecule has 2 aromatic carbocycles. The molecule has 0 fully saturated rings. The molecule has 30 heavy (non-hydrogen) atoms. The molecule has 1 aromatic heterocycles. The Labute approximate surface area is 175 Å². The molecule has 0 saturated carbocycles. The van der Waals surface area contributed by atoms with Gasteiger partial charge in [-0.05, 0) is 18.1 Å². The SMILES string of the molecule is CCCN(Cc1ccccc1)c1cc([N+](=O)[O-])cc(-c2ccccc2C(=O)OC)n1. The number of benzene rings is 2. The molecule has 0 spiro atoms. The molecule has 154 valence electrons. The second kappa shape index (κ2) is 9.65. The van der Waals surface area contributed by atoms with Gasteiger partial charge in [-0.3, -0.25) is 10.1 Å². The normalized spacial score (nSPS) is 10.5. The molecule has 0 bridgehead atoms. The molecule has 0 unspecified atom stereocenters. The second-order valence-corrected chi connectivity index (χ2v) is 6.77. The lowest BCUT2D eigenvalue weighted by atomic mass is 10.0. The number of methoxy groups -OCH3 is 1. The molecule has 0 aliphatic rings. The Balaban J connectivity index is 2.11. The van der Waals surface area contributed by atoms with Gasteiger partial charge in [0.15, 0.2) is 0 Å². The highest BCUT2D eigenvalue weighted by Crippen LogP contribution is 2.30. The maximum Gasteiger partial charge on any atom is 0.338 e. The van der Waals surface area contributed by atoms with Crippen LogP contribution in [-0.2, 0) is 11.3 Å². The Kier molecular flexibility index (Phi) is 6.75. The number of rotatable bonds is 8. The predicted molar refractivity (Wildman–Crippen MR) is 115 cm³/mol. The van der Waals surface area contributed by atoms with Crippen LogP contribution in [0.15, 0.2) is 66.7 Å². The number of carbonyl (C=O) groups excluding carboxylic acids is 1. The summed E-state index contributed by atoms with van der Waals surface area (Å²) in [6.45, 7) is 3.30. The smallest absolute Gasteiger partial charge is 0.338 e. The van der Waals surface area contributed by atoms with Gasteiger partial charge in [-0.1, -0.05) is 55.5 Å². The van der Waals surface area contributed by atoms with Crippen LogP contribution in [-0.4, -0.2) is 29.5 Å². The molecule has 3 aromatic rings. The molecule has 3 rings (SSSR count). The van der Waals surface area contributed by atoms with E-state index in [9.17, 15) is 14.9 Å². The summed E-state index contributed by atoms with van der Waals surface area (Å²) in [5, 5.41) is 11.6. The van der Waals surface area contributed by atoms with Crippen molar-refractivity contribution in [1.29, 1.82) is 0 Å². The Bertz CT molecular complexity index is 1040. The van der Waals surface area contributed by atoms with Gasteiger partial charge < -0.3 is 9.64 Å². The van der Waals surface area contributed by atoms with Crippen molar-refractivity contribution in [3.05, 3.63) is 88.0 Å². The van der Waals surface area contributed by atoms with Gasteiger partial charge in [0.05, 0.1) is 29.4 Å². The summed E-state index contributed by atoms with van der Waals surface area (Å²) in [5.41, 5.74) is 2.16. The monoisotopic (exact) mass is 405 g/mol. The topological polar surface area (TPSA) is 85.6 Å². The van der Waals surface area contributed by atoms with Crippen molar-refractivity contribution < 1.29 is 14.5 Å². The van der Waals surface area contributed by atoms with Crippen LogP contribution >= 0.6 is 0 Å². The number of hydrogen-bond donors (Lipinski definition) is 0. The molecular weight excluding hydrogens is 382 g/mol. The quantitative estimate of drug-likeness (QED) is 0.302. The largest absolute Gasteiger partial charge is 0.465 e.